The second-order valence-corrected chi connectivity index (χ2v) is 4.30. The average molecular weight is 253 g/mol. The lowest BCUT2D eigenvalue weighted by atomic mass is 10.1. The molecular formula is C15H15N3O. The van der Waals surface area contributed by atoms with Gasteiger partial charge in [0.2, 0.25) is 0 Å². The lowest BCUT2D eigenvalue weighted by molar-refractivity contribution is 0.627. The second-order valence-electron chi connectivity index (χ2n) is 4.30. The summed E-state index contributed by atoms with van der Waals surface area (Å²) in [5.74, 6) is 1.64. The van der Waals surface area contributed by atoms with Gasteiger partial charge in [-0.25, -0.2) is 9.97 Å². The highest BCUT2D eigenvalue weighted by Crippen LogP contribution is 2.30. The Bertz CT molecular complexity index is 685. The minimum atomic E-state index is 0.789. The highest BCUT2D eigenvalue weighted by molar-refractivity contribution is 5.83. The number of para-hydroxylation sites is 1. The molecule has 2 heterocycles. The zero-order valence-corrected chi connectivity index (χ0v) is 11.0. The van der Waals surface area contributed by atoms with Gasteiger partial charge in [0.15, 0.2) is 5.76 Å². The summed E-state index contributed by atoms with van der Waals surface area (Å²) < 4.78 is 5.88. The summed E-state index contributed by atoms with van der Waals surface area (Å²) in [7, 11) is 1.86. The van der Waals surface area contributed by atoms with Gasteiger partial charge in [-0.3, -0.25) is 0 Å². The molecule has 1 aromatic carbocycles. The molecule has 0 saturated heterocycles. The van der Waals surface area contributed by atoms with Gasteiger partial charge in [-0.05, 0) is 18.6 Å². The van der Waals surface area contributed by atoms with Gasteiger partial charge >= 0.3 is 0 Å². The molecule has 3 aromatic rings. The van der Waals surface area contributed by atoms with Gasteiger partial charge in [0, 0.05) is 18.0 Å². The van der Waals surface area contributed by atoms with Crippen molar-refractivity contribution in [2.75, 3.05) is 12.4 Å². The molecule has 4 nitrogen and oxygen atoms in total. The van der Waals surface area contributed by atoms with E-state index in [9.17, 15) is 0 Å². The van der Waals surface area contributed by atoms with E-state index in [-0.39, 0.29) is 0 Å². The van der Waals surface area contributed by atoms with Crippen molar-refractivity contribution in [1.82, 2.24) is 9.97 Å². The van der Waals surface area contributed by atoms with E-state index in [1.165, 1.54) is 0 Å². The van der Waals surface area contributed by atoms with Crippen LogP contribution in [0.5, 0.6) is 0 Å². The Balaban J connectivity index is 2.20. The Hall–Kier alpha value is -2.36. The molecule has 3 rings (SSSR count). The molecule has 0 atom stereocenters. The normalized spacial score (nSPS) is 10.8. The van der Waals surface area contributed by atoms with Crippen LogP contribution in [0.4, 0.5) is 5.82 Å². The van der Waals surface area contributed by atoms with Crippen molar-refractivity contribution in [2.24, 2.45) is 0 Å². The number of furan rings is 1. The van der Waals surface area contributed by atoms with Gasteiger partial charge in [-0.1, -0.05) is 25.1 Å². The van der Waals surface area contributed by atoms with E-state index in [1.54, 1.807) is 6.33 Å². The van der Waals surface area contributed by atoms with E-state index in [0.29, 0.717) is 0 Å². The average Bonchev–Trinajstić information content (AvgIpc) is 2.89. The van der Waals surface area contributed by atoms with Crippen LogP contribution < -0.4 is 5.32 Å². The van der Waals surface area contributed by atoms with E-state index >= 15 is 0 Å². The fourth-order valence-corrected chi connectivity index (χ4v) is 2.27. The Morgan fingerprint density at radius 3 is 2.79 bits per heavy atom. The molecule has 0 spiro atoms. The third-order valence-corrected chi connectivity index (χ3v) is 3.19. The molecule has 0 aliphatic carbocycles. The first-order chi connectivity index (χ1) is 9.33. The monoisotopic (exact) mass is 253 g/mol. The molecule has 4 heteroatoms. The molecule has 0 fully saturated rings. The van der Waals surface area contributed by atoms with Crippen LogP contribution >= 0.6 is 0 Å². The molecular weight excluding hydrogens is 238 g/mol. The van der Waals surface area contributed by atoms with Gasteiger partial charge in [0.25, 0.3) is 0 Å². The van der Waals surface area contributed by atoms with E-state index in [2.05, 4.69) is 22.2 Å². The maximum Gasteiger partial charge on any atom is 0.154 e. The summed E-state index contributed by atoms with van der Waals surface area (Å²) >= 11 is 0. The minimum Gasteiger partial charge on any atom is -0.454 e. The fraction of sp³-hybridized carbons (Fsp3) is 0.200. The van der Waals surface area contributed by atoms with Crippen LogP contribution in [0.2, 0.25) is 0 Å². The molecule has 0 aliphatic heterocycles. The molecule has 0 bridgehead atoms. The van der Waals surface area contributed by atoms with Crippen LogP contribution in [0.3, 0.4) is 0 Å². The first-order valence-corrected chi connectivity index (χ1v) is 6.34. The van der Waals surface area contributed by atoms with Gasteiger partial charge in [-0.15, -0.1) is 0 Å². The van der Waals surface area contributed by atoms with E-state index in [0.717, 1.165) is 40.2 Å². The number of benzene rings is 1. The van der Waals surface area contributed by atoms with Gasteiger partial charge in [0.1, 0.15) is 23.4 Å². The Labute approximate surface area is 111 Å². The number of fused-ring (bicyclic) bond motifs is 1. The van der Waals surface area contributed by atoms with Crippen molar-refractivity contribution < 1.29 is 4.42 Å². The maximum atomic E-state index is 5.88. The number of rotatable bonds is 3. The largest absolute Gasteiger partial charge is 0.454 e. The zero-order chi connectivity index (χ0) is 13.2. The predicted octanol–water partition coefficient (Wildman–Crippen LogP) is 3.49. The molecule has 0 radical (unpaired) electrons. The van der Waals surface area contributed by atoms with Crippen LogP contribution in [0.15, 0.2) is 41.1 Å². The van der Waals surface area contributed by atoms with Crippen molar-refractivity contribution in [2.45, 2.75) is 13.3 Å². The lowest BCUT2D eigenvalue weighted by Gasteiger charge is -2.08. The summed E-state index contributed by atoms with van der Waals surface area (Å²) in [6, 6.07) is 9.99. The lowest BCUT2D eigenvalue weighted by Crippen LogP contribution is -2.01. The van der Waals surface area contributed by atoms with Crippen molar-refractivity contribution in [3.05, 3.63) is 42.2 Å². The Morgan fingerprint density at radius 1 is 1.21 bits per heavy atom. The third-order valence-electron chi connectivity index (χ3n) is 3.19. The topological polar surface area (TPSA) is 51.0 Å². The van der Waals surface area contributed by atoms with Gasteiger partial charge < -0.3 is 9.73 Å². The van der Waals surface area contributed by atoms with E-state index in [1.807, 2.05) is 37.4 Å². The summed E-state index contributed by atoms with van der Waals surface area (Å²) in [6.07, 6.45) is 2.41. The highest BCUT2D eigenvalue weighted by Gasteiger charge is 2.14. The van der Waals surface area contributed by atoms with Crippen LogP contribution in [0.25, 0.3) is 22.4 Å². The minimum absolute atomic E-state index is 0.789. The molecule has 0 unspecified atom stereocenters. The number of hydrogen-bond acceptors (Lipinski definition) is 4. The highest BCUT2D eigenvalue weighted by atomic mass is 16.3. The van der Waals surface area contributed by atoms with Crippen molar-refractivity contribution >= 4 is 16.8 Å². The van der Waals surface area contributed by atoms with Gasteiger partial charge in [-0.2, -0.15) is 0 Å². The third kappa shape index (κ3) is 1.95. The Kier molecular flexibility index (Phi) is 2.91. The number of aromatic nitrogens is 2. The second kappa shape index (κ2) is 4.72. The summed E-state index contributed by atoms with van der Waals surface area (Å²) in [5.41, 5.74) is 2.81. The number of nitrogens with zero attached hydrogens (tertiary/aromatic N) is 2. The first-order valence-electron chi connectivity index (χ1n) is 6.34. The molecule has 0 saturated carbocycles. The number of nitrogens with one attached hydrogen (secondary N) is 1. The fourth-order valence-electron chi connectivity index (χ4n) is 2.27. The summed E-state index contributed by atoms with van der Waals surface area (Å²) in [6.45, 7) is 2.09. The van der Waals surface area contributed by atoms with Crippen LogP contribution in [-0.4, -0.2) is 17.0 Å². The quantitative estimate of drug-likeness (QED) is 0.776. The molecule has 19 heavy (non-hydrogen) atoms. The van der Waals surface area contributed by atoms with E-state index < -0.39 is 0 Å². The van der Waals surface area contributed by atoms with Crippen LogP contribution in [-0.2, 0) is 6.42 Å². The SMILES string of the molecule is CCc1c(NC)ncnc1-c1cc2ccccc2o1. The zero-order valence-electron chi connectivity index (χ0n) is 11.0. The van der Waals surface area contributed by atoms with Crippen LogP contribution in [0.1, 0.15) is 12.5 Å². The van der Waals surface area contributed by atoms with Crippen LogP contribution in [0, 0.1) is 0 Å². The van der Waals surface area contributed by atoms with Crippen molar-refractivity contribution in [3.8, 4) is 11.5 Å². The number of anilines is 1. The van der Waals surface area contributed by atoms with Crippen molar-refractivity contribution in [3.63, 3.8) is 0 Å². The van der Waals surface area contributed by atoms with Crippen molar-refractivity contribution in [1.29, 1.82) is 0 Å². The molecule has 0 amide bonds. The number of hydrogen-bond donors (Lipinski definition) is 1. The van der Waals surface area contributed by atoms with Gasteiger partial charge in [0.05, 0.1) is 0 Å². The standard InChI is InChI=1S/C15H15N3O/c1-3-11-14(17-9-18-15(11)16-2)13-8-10-6-4-5-7-12(10)19-13/h4-9H,3H2,1-2H3,(H,16,17,18). The molecule has 0 aliphatic rings. The summed E-state index contributed by atoms with van der Waals surface area (Å²) in [4.78, 5) is 8.62. The molecule has 96 valence electrons. The predicted molar refractivity (Wildman–Crippen MR) is 76.2 cm³/mol. The smallest absolute Gasteiger partial charge is 0.154 e. The Morgan fingerprint density at radius 2 is 2.05 bits per heavy atom. The first kappa shape index (κ1) is 11.7. The molecule has 1 N–H and O–H groups in total. The summed E-state index contributed by atoms with van der Waals surface area (Å²) in [5, 5.41) is 4.18. The maximum absolute atomic E-state index is 5.88. The molecule has 2 aromatic heterocycles. The van der Waals surface area contributed by atoms with E-state index in [4.69, 9.17) is 4.42 Å².